The molecular formula is C31H41F3O8. The van der Waals surface area contributed by atoms with Gasteiger partial charge >= 0.3 is 18.1 Å². The smallest absolute Gasteiger partial charge is 0.416 e. The van der Waals surface area contributed by atoms with Gasteiger partial charge in [0.25, 0.3) is 5.79 Å². The van der Waals surface area contributed by atoms with Crippen LogP contribution < -0.4 is 4.74 Å². The molecule has 1 heterocycles. The number of esters is 2. The van der Waals surface area contributed by atoms with Crippen LogP contribution in [0.2, 0.25) is 0 Å². The molecule has 5 atom stereocenters. The number of carbonyl (C=O) groups is 2. The molecule has 1 aliphatic heterocycles. The molecule has 0 bridgehead atoms. The van der Waals surface area contributed by atoms with E-state index in [9.17, 15) is 27.9 Å². The van der Waals surface area contributed by atoms with Gasteiger partial charge in [-0.1, -0.05) is 30.4 Å². The maximum Gasteiger partial charge on any atom is 0.416 e. The lowest BCUT2D eigenvalue weighted by atomic mass is 9.90. The first kappa shape index (κ1) is 33.6. The van der Waals surface area contributed by atoms with E-state index in [2.05, 4.69) is 0 Å². The van der Waals surface area contributed by atoms with Crippen LogP contribution in [0.4, 0.5) is 13.2 Å². The minimum atomic E-state index is -4.43. The number of aliphatic hydroxyl groups is 1. The summed E-state index contributed by atoms with van der Waals surface area (Å²) in [6, 6.07) is 4.78. The van der Waals surface area contributed by atoms with E-state index in [1.807, 2.05) is 24.3 Å². The van der Waals surface area contributed by atoms with Crippen LogP contribution in [0.25, 0.3) is 0 Å². The van der Waals surface area contributed by atoms with Gasteiger partial charge in [0.05, 0.1) is 19.3 Å². The van der Waals surface area contributed by atoms with E-state index in [0.717, 1.165) is 31.4 Å². The Morgan fingerprint density at radius 3 is 2.60 bits per heavy atom. The summed E-state index contributed by atoms with van der Waals surface area (Å²) < 4.78 is 65.6. The van der Waals surface area contributed by atoms with E-state index in [4.69, 9.17) is 23.7 Å². The van der Waals surface area contributed by atoms with Gasteiger partial charge in [-0.05, 0) is 75.5 Å². The van der Waals surface area contributed by atoms with E-state index in [1.165, 1.54) is 26.2 Å². The molecule has 1 N–H and O–H groups in total. The topological polar surface area (TPSA) is 101 Å². The number of ether oxygens (including phenoxy) is 5. The molecule has 0 spiro atoms. The largest absolute Gasteiger partial charge is 0.493 e. The Morgan fingerprint density at radius 1 is 1.10 bits per heavy atom. The molecule has 8 nitrogen and oxygen atoms in total. The zero-order valence-electron chi connectivity index (χ0n) is 24.1. The van der Waals surface area contributed by atoms with Crippen molar-refractivity contribution in [3.05, 3.63) is 54.1 Å². The molecule has 2 aliphatic rings. The van der Waals surface area contributed by atoms with Crippen molar-refractivity contribution in [2.45, 2.75) is 89.1 Å². The number of benzene rings is 1. The van der Waals surface area contributed by atoms with Crippen molar-refractivity contribution in [2.24, 2.45) is 11.8 Å². The van der Waals surface area contributed by atoms with Crippen molar-refractivity contribution in [2.75, 3.05) is 20.3 Å². The highest BCUT2D eigenvalue weighted by molar-refractivity contribution is 5.77. The maximum atomic E-state index is 12.9. The van der Waals surface area contributed by atoms with Crippen LogP contribution >= 0.6 is 0 Å². The Morgan fingerprint density at radius 2 is 1.90 bits per heavy atom. The second kappa shape index (κ2) is 16.1. The third-order valence-corrected chi connectivity index (χ3v) is 7.42. The van der Waals surface area contributed by atoms with Crippen LogP contribution in [-0.2, 0) is 34.7 Å². The summed E-state index contributed by atoms with van der Waals surface area (Å²) >= 11 is 0. The molecule has 11 heteroatoms. The van der Waals surface area contributed by atoms with Crippen molar-refractivity contribution < 1.29 is 51.6 Å². The lowest BCUT2D eigenvalue weighted by molar-refractivity contribution is -0.296. The van der Waals surface area contributed by atoms with Crippen LogP contribution in [-0.4, -0.2) is 55.5 Å². The molecular weight excluding hydrogens is 557 g/mol. The highest BCUT2D eigenvalue weighted by Crippen LogP contribution is 2.38. The van der Waals surface area contributed by atoms with Gasteiger partial charge in [-0.2, -0.15) is 13.2 Å². The van der Waals surface area contributed by atoms with Gasteiger partial charge in [0.15, 0.2) is 6.29 Å². The van der Waals surface area contributed by atoms with Gasteiger partial charge in [0.2, 0.25) is 0 Å². The normalized spacial score (nSPS) is 24.5. The SMILES string of the molecule is COC(=O)C(O)(CCC=CC[C@H]1[C@@H](OC(C)=O)CC[C@@H]1C=CCCOc1cccc(C(F)(F)F)c1)OC1CCCCO1. The summed E-state index contributed by atoms with van der Waals surface area (Å²) in [6.07, 6.45) is 7.78. The first-order valence-electron chi connectivity index (χ1n) is 14.4. The first-order valence-corrected chi connectivity index (χ1v) is 14.4. The van der Waals surface area contributed by atoms with Gasteiger partial charge in [-0.15, -0.1) is 0 Å². The Bertz CT molecular complexity index is 1070. The predicted molar refractivity (Wildman–Crippen MR) is 147 cm³/mol. The van der Waals surface area contributed by atoms with Gasteiger partial charge in [0, 0.05) is 25.9 Å². The summed E-state index contributed by atoms with van der Waals surface area (Å²) in [5.74, 6) is -3.02. The van der Waals surface area contributed by atoms with E-state index in [-0.39, 0.29) is 42.7 Å². The van der Waals surface area contributed by atoms with Crippen LogP contribution in [0.5, 0.6) is 5.75 Å². The zero-order chi connectivity index (χ0) is 30.6. The lowest BCUT2D eigenvalue weighted by Crippen LogP contribution is -2.46. The third-order valence-electron chi connectivity index (χ3n) is 7.42. The van der Waals surface area contributed by atoms with E-state index in [1.54, 1.807) is 0 Å². The van der Waals surface area contributed by atoms with Gasteiger partial charge in [-0.25, -0.2) is 4.79 Å². The molecule has 1 saturated carbocycles. The second-order valence-electron chi connectivity index (χ2n) is 10.6. The highest BCUT2D eigenvalue weighted by Gasteiger charge is 2.41. The number of methoxy groups -OCH3 is 1. The molecule has 0 amide bonds. The van der Waals surface area contributed by atoms with Gasteiger partial charge in [0.1, 0.15) is 11.9 Å². The molecule has 1 saturated heterocycles. The Kier molecular flexibility index (Phi) is 12.9. The minimum absolute atomic E-state index is 0.0106. The molecule has 3 rings (SSSR count). The summed E-state index contributed by atoms with van der Waals surface area (Å²) in [7, 11) is 1.19. The van der Waals surface area contributed by atoms with Crippen molar-refractivity contribution in [3.63, 3.8) is 0 Å². The third kappa shape index (κ3) is 10.4. The summed E-state index contributed by atoms with van der Waals surface area (Å²) in [6.45, 7) is 2.11. The molecule has 2 fully saturated rings. The van der Waals surface area contributed by atoms with Crippen molar-refractivity contribution in [1.82, 2.24) is 0 Å². The number of halogens is 3. The Hall–Kier alpha value is -2.89. The molecule has 1 aromatic rings. The standard InChI is InChI=1S/C31H41F3O8/c1-22(35)41-27-17-16-23(11-5-8-19-39-25-13-10-12-24(21-25)31(32,33)34)26(27)14-4-3-7-18-30(37,29(36)38-2)42-28-15-6-9-20-40-28/h3-5,10-13,21,23,26-28,37H,6-9,14-20H2,1-2H3/t23-,26+,27-,28?,30?/m0/s1. The van der Waals surface area contributed by atoms with Crippen molar-refractivity contribution >= 4 is 11.9 Å². The number of rotatable bonds is 14. The van der Waals surface area contributed by atoms with Crippen LogP contribution in [0.1, 0.15) is 70.3 Å². The van der Waals surface area contributed by atoms with E-state index in [0.29, 0.717) is 38.7 Å². The summed E-state index contributed by atoms with van der Waals surface area (Å²) in [5.41, 5.74) is -0.755. The predicted octanol–water partition coefficient (Wildman–Crippen LogP) is 6.12. The fourth-order valence-electron chi connectivity index (χ4n) is 5.30. The fraction of sp³-hybridized carbons (Fsp3) is 0.613. The lowest BCUT2D eigenvalue weighted by Gasteiger charge is -2.31. The molecule has 42 heavy (non-hydrogen) atoms. The molecule has 1 aromatic carbocycles. The summed E-state index contributed by atoms with van der Waals surface area (Å²) in [5, 5.41) is 10.9. The molecule has 0 aromatic heterocycles. The van der Waals surface area contributed by atoms with Crippen LogP contribution in [0.15, 0.2) is 48.6 Å². The van der Waals surface area contributed by atoms with E-state index >= 15 is 0 Å². The molecule has 234 valence electrons. The Balaban J connectivity index is 1.52. The number of allylic oxidation sites excluding steroid dienone is 3. The second-order valence-corrected chi connectivity index (χ2v) is 10.6. The van der Waals surface area contributed by atoms with Crippen molar-refractivity contribution in [1.29, 1.82) is 0 Å². The van der Waals surface area contributed by atoms with Crippen LogP contribution in [0, 0.1) is 11.8 Å². The highest BCUT2D eigenvalue weighted by atomic mass is 19.4. The van der Waals surface area contributed by atoms with Gasteiger partial charge < -0.3 is 28.8 Å². The fourth-order valence-corrected chi connectivity index (χ4v) is 5.30. The molecule has 0 radical (unpaired) electrons. The minimum Gasteiger partial charge on any atom is -0.493 e. The summed E-state index contributed by atoms with van der Waals surface area (Å²) in [4.78, 5) is 23.9. The number of alkyl halides is 3. The van der Waals surface area contributed by atoms with Crippen LogP contribution in [0.3, 0.4) is 0 Å². The molecule has 2 unspecified atom stereocenters. The zero-order valence-corrected chi connectivity index (χ0v) is 24.1. The van der Waals surface area contributed by atoms with Crippen molar-refractivity contribution in [3.8, 4) is 5.75 Å². The number of hydrogen-bond donors (Lipinski definition) is 1. The average Bonchev–Trinajstić information content (AvgIpc) is 3.32. The molecule has 1 aliphatic carbocycles. The maximum absolute atomic E-state index is 12.9. The number of hydrogen-bond acceptors (Lipinski definition) is 8. The Labute approximate surface area is 244 Å². The average molecular weight is 599 g/mol. The number of carbonyl (C=O) groups excluding carboxylic acids is 2. The van der Waals surface area contributed by atoms with Gasteiger partial charge in [-0.3, -0.25) is 4.79 Å². The van der Waals surface area contributed by atoms with E-state index < -0.39 is 29.8 Å². The first-order chi connectivity index (χ1) is 20.0. The quantitative estimate of drug-likeness (QED) is 0.118. The monoisotopic (exact) mass is 598 g/mol.